The molecule has 4 heteroatoms. The van der Waals surface area contributed by atoms with E-state index in [2.05, 4.69) is 10.1 Å². The Labute approximate surface area is 123 Å². The third-order valence-electron chi connectivity index (χ3n) is 3.20. The fourth-order valence-electron chi connectivity index (χ4n) is 2.11. The predicted octanol–water partition coefficient (Wildman–Crippen LogP) is 3.93. The lowest BCUT2D eigenvalue weighted by molar-refractivity contribution is 0.306. The van der Waals surface area contributed by atoms with Crippen LogP contribution in [0.2, 0.25) is 0 Å². The van der Waals surface area contributed by atoms with Crippen LogP contribution in [0, 0.1) is 13.8 Å². The third kappa shape index (κ3) is 3.11. The summed E-state index contributed by atoms with van der Waals surface area (Å²) in [7, 11) is 0. The topological polar surface area (TPSA) is 48.2 Å². The molecule has 0 fully saturated rings. The maximum Gasteiger partial charge on any atom is 0.258 e. The number of nitrogens with zero attached hydrogens (tertiary/aromatic N) is 2. The molecule has 0 spiro atoms. The van der Waals surface area contributed by atoms with E-state index in [0.717, 1.165) is 22.4 Å². The molecule has 106 valence electrons. The maximum absolute atomic E-state index is 5.80. The van der Waals surface area contributed by atoms with E-state index < -0.39 is 0 Å². The summed E-state index contributed by atoms with van der Waals surface area (Å²) >= 11 is 0. The first kappa shape index (κ1) is 13.4. The van der Waals surface area contributed by atoms with Gasteiger partial charge in [-0.3, -0.25) is 0 Å². The van der Waals surface area contributed by atoms with E-state index in [9.17, 15) is 0 Å². The zero-order valence-electron chi connectivity index (χ0n) is 12.0. The molecular formula is C17H16N2O2. The Hall–Kier alpha value is -2.62. The minimum absolute atomic E-state index is 0.541. The molecule has 1 heterocycles. The summed E-state index contributed by atoms with van der Waals surface area (Å²) in [6.45, 7) is 4.36. The molecule has 2 aromatic carbocycles. The Morgan fingerprint density at radius 1 is 1.05 bits per heavy atom. The molecule has 21 heavy (non-hydrogen) atoms. The van der Waals surface area contributed by atoms with Crippen LogP contribution in [-0.2, 0) is 6.61 Å². The van der Waals surface area contributed by atoms with E-state index in [-0.39, 0.29) is 0 Å². The zero-order valence-corrected chi connectivity index (χ0v) is 12.0. The lowest BCUT2D eigenvalue weighted by Crippen LogP contribution is -1.95. The number of ether oxygens (including phenoxy) is 1. The van der Waals surface area contributed by atoms with Crippen LogP contribution in [0.1, 0.15) is 17.0 Å². The number of rotatable bonds is 4. The van der Waals surface area contributed by atoms with Crippen molar-refractivity contribution in [3.63, 3.8) is 0 Å². The van der Waals surface area contributed by atoms with Crippen molar-refractivity contribution in [2.45, 2.75) is 20.5 Å². The van der Waals surface area contributed by atoms with Crippen LogP contribution >= 0.6 is 0 Å². The smallest absolute Gasteiger partial charge is 0.258 e. The Kier molecular flexibility index (Phi) is 3.69. The Morgan fingerprint density at radius 3 is 2.52 bits per heavy atom. The van der Waals surface area contributed by atoms with Crippen LogP contribution < -0.4 is 4.74 Å². The van der Waals surface area contributed by atoms with Gasteiger partial charge in [-0.1, -0.05) is 35.5 Å². The summed E-state index contributed by atoms with van der Waals surface area (Å²) in [6.07, 6.45) is 0. The molecule has 0 atom stereocenters. The molecule has 1 aromatic heterocycles. The summed E-state index contributed by atoms with van der Waals surface area (Å²) < 4.78 is 11.0. The molecule has 4 nitrogen and oxygen atoms in total. The van der Waals surface area contributed by atoms with Crippen LogP contribution in [-0.4, -0.2) is 10.1 Å². The van der Waals surface area contributed by atoms with Gasteiger partial charge in [-0.05, 0) is 43.2 Å². The molecule has 0 aliphatic carbocycles. The number of hydrogen-bond acceptors (Lipinski definition) is 4. The second kappa shape index (κ2) is 5.79. The van der Waals surface area contributed by atoms with Crippen molar-refractivity contribution in [2.24, 2.45) is 0 Å². The molecule has 0 saturated carbocycles. The number of aromatic nitrogens is 2. The van der Waals surface area contributed by atoms with E-state index in [1.54, 1.807) is 6.92 Å². The van der Waals surface area contributed by atoms with Gasteiger partial charge in [0.2, 0.25) is 0 Å². The number of aryl methyl sites for hydroxylation is 2. The van der Waals surface area contributed by atoms with Crippen LogP contribution in [0.15, 0.2) is 53.1 Å². The number of benzene rings is 2. The van der Waals surface area contributed by atoms with Crippen LogP contribution in [0.3, 0.4) is 0 Å². The normalized spacial score (nSPS) is 10.6. The molecule has 0 aliphatic rings. The van der Waals surface area contributed by atoms with Gasteiger partial charge in [0.25, 0.3) is 5.89 Å². The SMILES string of the molecule is Cc1noc(-c2ccc(OCc3ccccc3)cc2C)n1. The van der Waals surface area contributed by atoms with Crippen LogP contribution in [0.5, 0.6) is 5.75 Å². The van der Waals surface area contributed by atoms with Gasteiger partial charge in [0, 0.05) is 5.56 Å². The summed E-state index contributed by atoms with van der Waals surface area (Å²) in [4.78, 5) is 4.25. The molecule has 3 aromatic rings. The van der Waals surface area contributed by atoms with Crippen LogP contribution in [0.25, 0.3) is 11.5 Å². The predicted molar refractivity (Wildman–Crippen MR) is 80.0 cm³/mol. The van der Waals surface area contributed by atoms with Crippen molar-refractivity contribution >= 4 is 0 Å². The van der Waals surface area contributed by atoms with Crippen molar-refractivity contribution in [2.75, 3.05) is 0 Å². The maximum atomic E-state index is 5.80. The standard InChI is InChI=1S/C17H16N2O2/c1-12-10-15(20-11-14-6-4-3-5-7-14)8-9-16(12)17-18-13(2)19-21-17/h3-10H,11H2,1-2H3. The Balaban J connectivity index is 1.75. The van der Waals surface area contributed by atoms with Gasteiger partial charge in [0.05, 0.1) is 0 Å². The van der Waals surface area contributed by atoms with Gasteiger partial charge in [-0.15, -0.1) is 0 Å². The van der Waals surface area contributed by atoms with Gasteiger partial charge in [-0.25, -0.2) is 0 Å². The average Bonchev–Trinajstić information content (AvgIpc) is 2.92. The first-order valence-electron chi connectivity index (χ1n) is 6.80. The zero-order chi connectivity index (χ0) is 14.7. The van der Waals surface area contributed by atoms with E-state index in [0.29, 0.717) is 18.3 Å². The van der Waals surface area contributed by atoms with Gasteiger partial charge < -0.3 is 9.26 Å². The summed E-state index contributed by atoms with van der Waals surface area (Å²) in [5.41, 5.74) is 3.12. The molecule has 3 rings (SSSR count). The van der Waals surface area contributed by atoms with Crippen molar-refractivity contribution < 1.29 is 9.26 Å². The lowest BCUT2D eigenvalue weighted by atomic mass is 10.1. The first-order valence-corrected chi connectivity index (χ1v) is 6.80. The van der Waals surface area contributed by atoms with Gasteiger partial charge in [0.1, 0.15) is 12.4 Å². The van der Waals surface area contributed by atoms with Crippen LogP contribution in [0.4, 0.5) is 0 Å². The second-order valence-corrected chi connectivity index (χ2v) is 4.90. The van der Waals surface area contributed by atoms with E-state index in [1.807, 2.05) is 55.5 Å². The molecule has 0 unspecified atom stereocenters. The minimum atomic E-state index is 0.541. The fraction of sp³-hybridized carbons (Fsp3) is 0.176. The van der Waals surface area contributed by atoms with Crippen molar-refractivity contribution in [1.29, 1.82) is 0 Å². The Bertz CT molecular complexity index is 736. The van der Waals surface area contributed by atoms with E-state index in [1.165, 1.54) is 0 Å². The quantitative estimate of drug-likeness (QED) is 0.726. The van der Waals surface area contributed by atoms with Gasteiger partial charge >= 0.3 is 0 Å². The molecule has 0 saturated heterocycles. The number of hydrogen-bond donors (Lipinski definition) is 0. The molecule has 0 radical (unpaired) electrons. The fourth-order valence-corrected chi connectivity index (χ4v) is 2.11. The molecular weight excluding hydrogens is 264 g/mol. The molecule has 0 N–H and O–H groups in total. The molecule has 0 bridgehead atoms. The van der Waals surface area contributed by atoms with Gasteiger partial charge in [0.15, 0.2) is 5.82 Å². The molecule has 0 aliphatic heterocycles. The summed E-state index contributed by atoms with van der Waals surface area (Å²) in [5.74, 6) is 2.00. The first-order chi connectivity index (χ1) is 10.2. The van der Waals surface area contributed by atoms with Crippen molar-refractivity contribution in [3.05, 3.63) is 65.5 Å². The van der Waals surface area contributed by atoms with Crippen molar-refractivity contribution in [3.8, 4) is 17.2 Å². The monoisotopic (exact) mass is 280 g/mol. The summed E-state index contributed by atoms with van der Waals surface area (Å²) in [5, 5.41) is 3.82. The van der Waals surface area contributed by atoms with E-state index in [4.69, 9.17) is 9.26 Å². The summed E-state index contributed by atoms with van der Waals surface area (Å²) in [6, 6.07) is 15.9. The van der Waals surface area contributed by atoms with Gasteiger partial charge in [-0.2, -0.15) is 4.98 Å². The molecule has 0 amide bonds. The minimum Gasteiger partial charge on any atom is -0.489 e. The largest absolute Gasteiger partial charge is 0.489 e. The highest BCUT2D eigenvalue weighted by molar-refractivity contribution is 5.59. The average molecular weight is 280 g/mol. The third-order valence-corrected chi connectivity index (χ3v) is 3.20. The lowest BCUT2D eigenvalue weighted by Gasteiger charge is -2.08. The second-order valence-electron chi connectivity index (χ2n) is 4.90. The van der Waals surface area contributed by atoms with E-state index >= 15 is 0 Å². The Morgan fingerprint density at radius 2 is 1.86 bits per heavy atom. The van der Waals surface area contributed by atoms with Crippen molar-refractivity contribution in [1.82, 2.24) is 10.1 Å². The highest BCUT2D eigenvalue weighted by Gasteiger charge is 2.10. The highest BCUT2D eigenvalue weighted by atomic mass is 16.5. The highest BCUT2D eigenvalue weighted by Crippen LogP contribution is 2.26.